The molecule has 0 saturated carbocycles. The number of hydrogen-bond acceptors (Lipinski definition) is 5. The highest BCUT2D eigenvalue weighted by atomic mass is 32.2. The topological polar surface area (TPSA) is 77.0 Å². The summed E-state index contributed by atoms with van der Waals surface area (Å²) in [6.45, 7) is 7.55. The molecule has 0 bridgehead atoms. The SMILES string of the molecule is CCNC(=NCc1ccc(S(=O)(=O)N(C)C)s1)NCCN1CCCCC1. The Kier molecular flexibility index (Phi) is 8.33. The Morgan fingerprint density at radius 2 is 1.96 bits per heavy atom. The van der Waals surface area contributed by atoms with Gasteiger partial charge in [0.05, 0.1) is 6.54 Å². The van der Waals surface area contributed by atoms with E-state index in [4.69, 9.17) is 0 Å². The number of nitrogens with one attached hydrogen (secondary N) is 2. The fourth-order valence-electron chi connectivity index (χ4n) is 2.78. The van der Waals surface area contributed by atoms with Crippen LogP contribution in [0.15, 0.2) is 21.3 Å². The van der Waals surface area contributed by atoms with Gasteiger partial charge in [-0.25, -0.2) is 17.7 Å². The Bertz CT molecular complexity index is 679. The summed E-state index contributed by atoms with van der Waals surface area (Å²) in [4.78, 5) is 8.00. The molecule has 0 radical (unpaired) electrons. The van der Waals surface area contributed by atoms with Crippen molar-refractivity contribution < 1.29 is 8.42 Å². The smallest absolute Gasteiger partial charge is 0.252 e. The van der Waals surface area contributed by atoms with Gasteiger partial charge in [0, 0.05) is 38.6 Å². The van der Waals surface area contributed by atoms with Gasteiger partial charge < -0.3 is 15.5 Å². The molecule has 1 fully saturated rings. The highest BCUT2D eigenvalue weighted by Gasteiger charge is 2.19. The second kappa shape index (κ2) is 10.2. The Morgan fingerprint density at radius 1 is 1.23 bits per heavy atom. The molecule has 7 nitrogen and oxygen atoms in total. The number of aliphatic imine (C=N–C) groups is 1. The molecule has 9 heteroatoms. The second-order valence-electron chi connectivity index (χ2n) is 6.53. The molecule has 0 spiro atoms. The highest BCUT2D eigenvalue weighted by molar-refractivity contribution is 7.91. The minimum absolute atomic E-state index is 0.357. The molecule has 0 unspecified atom stereocenters. The minimum Gasteiger partial charge on any atom is -0.357 e. The molecule has 26 heavy (non-hydrogen) atoms. The number of hydrogen-bond donors (Lipinski definition) is 2. The average molecular weight is 402 g/mol. The van der Waals surface area contributed by atoms with Crippen molar-refractivity contribution in [2.45, 2.75) is 36.9 Å². The number of guanidine groups is 1. The maximum atomic E-state index is 12.1. The first-order valence-corrected chi connectivity index (χ1v) is 11.4. The molecule has 2 N–H and O–H groups in total. The molecule has 0 aliphatic carbocycles. The Labute approximate surface area is 161 Å². The number of sulfonamides is 1. The molecule has 0 atom stereocenters. The molecule has 148 valence electrons. The van der Waals surface area contributed by atoms with Crippen LogP contribution in [0, 0.1) is 0 Å². The summed E-state index contributed by atoms with van der Waals surface area (Å²) in [6, 6.07) is 3.49. The van der Waals surface area contributed by atoms with Gasteiger partial charge in [0.25, 0.3) is 10.0 Å². The van der Waals surface area contributed by atoms with Crippen molar-refractivity contribution in [2.24, 2.45) is 4.99 Å². The summed E-state index contributed by atoms with van der Waals surface area (Å²) in [6.07, 6.45) is 3.94. The van der Waals surface area contributed by atoms with Crippen LogP contribution < -0.4 is 10.6 Å². The van der Waals surface area contributed by atoms with Crippen LogP contribution in [0.1, 0.15) is 31.1 Å². The second-order valence-corrected chi connectivity index (χ2v) is 10.1. The van der Waals surface area contributed by atoms with Crippen molar-refractivity contribution >= 4 is 27.3 Å². The Balaban J connectivity index is 1.89. The summed E-state index contributed by atoms with van der Waals surface area (Å²) in [5.74, 6) is 0.773. The van der Waals surface area contributed by atoms with Gasteiger partial charge in [-0.2, -0.15) is 0 Å². The van der Waals surface area contributed by atoms with E-state index >= 15 is 0 Å². The third kappa shape index (κ3) is 6.22. The zero-order chi connectivity index (χ0) is 19.0. The molecule has 1 aromatic rings. The molecule has 2 rings (SSSR count). The lowest BCUT2D eigenvalue weighted by molar-refractivity contribution is 0.232. The molecule has 1 aliphatic rings. The van der Waals surface area contributed by atoms with Crippen LogP contribution >= 0.6 is 11.3 Å². The minimum atomic E-state index is -3.36. The number of thiophene rings is 1. The van der Waals surface area contributed by atoms with Crippen molar-refractivity contribution in [1.29, 1.82) is 0 Å². The Hall–Kier alpha value is -1.16. The van der Waals surface area contributed by atoms with Crippen molar-refractivity contribution in [2.75, 3.05) is 46.8 Å². The van der Waals surface area contributed by atoms with Gasteiger partial charge >= 0.3 is 0 Å². The lowest BCUT2D eigenvalue weighted by Crippen LogP contribution is -2.42. The zero-order valence-electron chi connectivity index (χ0n) is 16.0. The summed E-state index contributed by atoms with van der Waals surface area (Å²) in [7, 11) is -0.277. The van der Waals surface area contributed by atoms with Crippen LogP contribution in [0.2, 0.25) is 0 Å². The third-order valence-electron chi connectivity index (χ3n) is 4.28. The summed E-state index contributed by atoms with van der Waals surface area (Å²) in [5.41, 5.74) is 0. The van der Waals surface area contributed by atoms with E-state index < -0.39 is 10.0 Å². The van der Waals surface area contributed by atoms with Crippen molar-refractivity contribution in [3.05, 3.63) is 17.0 Å². The van der Waals surface area contributed by atoms with E-state index in [2.05, 4.69) is 20.5 Å². The standard InChI is InChI=1S/C17H31N5O2S2/c1-4-18-17(19-10-13-22-11-6-5-7-12-22)20-14-15-8-9-16(25-15)26(23,24)21(2)3/h8-9H,4-7,10-14H2,1-3H3,(H2,18,19,20). The first kappa shape index (κ1) is 21.1. The maximum absolute atomic E-state index is 12.1. The number of rotatable bonds is 8. The van der Waals surface area contributed by atoms with E-state index in [-0.39, 0.29) is 0 Å². The van der Waals surface area contributed by atoms with Crippen molar-refractivity contribution in [3.63, 3.8) is 0 Å². The molecule has 2 heterocycles. The predicted octanol–water partition coefficient (Wildman–Crippen LogP) is 1.54. The molecular weight excluding hydrogens is 370 g/mol. The number of piperidine rings is 1. The average Bonchev–Trinajstić information content (AvgIpc) is 3.10. The van der Waals surface area contributed by atoms with Crippen LogP contribution in [0.25, 0.3) is 0 Å². The van der Waals surface area contributed by atoms with E-state index in [1.54, 1.807) is 20.2 Å². The lowest BCUT2D eigenvalue weighted by atomic mass is 10.1. The summed E-state index contributed by atoms with van der Waals surface area (Å²) < 4.78 is 25.9. The number of nitrogens with zero attached hydrogens (tertiary/aromatic N) is 3. The number of likely N-dealkylation sites (tertiary alicyclic amines) is 1. The van der Waals surface area contributed by atoms with Crippen LogP contribution in [0.3, 0.4) is 0 Å². The fourth-order valence-corrected chi connectivity index (χ4v) is 5.23. The normalized spacial score (nSPS) is 16.8. The maximum Gasteiger partial charge on any atom is 0.252 e. The Morgan fingerprint density at radius 3 is 2.62 bits per heavy atom. The van der Waals surface area contributed by atoms with Gasteiger partial charge in [0.1, 0.15) is 4.21 Å². The monoisotopic (exact) mass is 401 g/mol. The molecule has 0 aromatic carbocycles. The lowest BCUT2D eigenvalue weighted by Gasteiger charge is -2.26. The molecule has 1 aromatic heterocycles. The van der Waals surface area contributed by atoms with Gasteiger partial charge in [0.2, 0.25) is 0 Å². The summed E-state index contributed by atoms with van der Waals surface area (Å²) in [5, 5.41) is 6.61. The van der Waals surface area contributed by atoms with Gasteiger partial charge in [-0.05, 0) is 45.0 Å². The third-order valence-corrected chi connectivity index (χ3v) is 7.63. The van der Waals surface area contributed by atoms with Gasteiger partial charge in [-0.1, -0.05) is 6.42 Å². The van der Waals surface area contributed by atoms with Crippen LogP contribution in [0.5, 0.6) is 0 Å². The van der Waals surface area contributed by atoms with E-state index in [1.165, 1.54) is 48.0 Å². The van der Waals surface area contributed by atoms with Gasteiger partial charge in [0.15, 0.2) is 5.96 Å². The van der Waals surface area contributed by atoms with Crippen LogP contribution in [0.4, 0.5) is 0 Å². The molecule has 0 amide bonds. The molecule has 1 saturated heterocycles. The highest BCUT2D eigenvalue weighted by Crippen LogP contribution is 2.24. The van der Waals surface area contributed by atoms with E-state index in [0.29, 0.717) is 10.8 Å². The van der Waals surface area contributed by atoms with Gasteiger partial charge in [-0.15, -0.1) is 11.3 Å². The van der Waals surface area contributed by atoms with Crippen LogP contribution in [-0.2, 0) is 16.6 Å². The van der Waals surface area contributed by atoms with E-state index in [9.17, 15) is 8.42 Å². The summed E-state index contributed by atoms with van der Waals surface area (Å²) >= 11 is 1.27. The van der Waals surface area contributed by atoms with Crippen LogP contribution in [-0.4, -0.2) is 70.4 Å². The molecular formula is C17H31N5O2S2. The fraction of sp³-hybridized carbons (Fsp3) is 0.706. The van der Waals surface area contributed by atoms with Gasteiger partial charge in [-0.3, -0.25) is 0 Å². The largest absolute Gasteiger partial charge is 0.357 e. The van der Waals surface area contributed by atoms with Crippen molar-refractivity contribution in [1.82, 2.24) is 19.8 Å². The first-order valence-electron chi connectivity index (χ1n) is 9.19. The predicted molar refractivity (Wildman–Crippen MR) is 108 cm³/mol. The first-order chi connectivity index (χ1) is 12.4. The van der Waals surface area contributed by atoms with Crippen molar-refractivity contribution in [3.8, 4) is 0 Å². The quantitative estimate of drug-likeness (QED) is 0.510. The zero-order valence-corrected chi connectivity index (χ0v) is 17.6. The van der Waals surface area contributed by atoms with E-state index in [1.807, 2.05) is 13.0 Å². The molecule has 1 aliphatic heterocycles. The van der Waals surface area contributed by atoms with E-state index in [0.717, 1.165) is 30.5 Å².